The van der Waals surface area contributed by atoms with E-state index in [9.17, 15) is 0 Å². The van der Waals surface area contributed by atoms with Crippen molar-refractivity contribution in [2.45, 2.75) is 38.5 Å². The summed E-state index contributed by atoms with van der Waals surface area (Å²) < 4.78 is 6.10. The summed E-state index contributed by atoms with van der Waals surface area (Å²) in [5.74, 6) is -0.00701. The third-order valence-corrected chi connectivity index (χ3v) is 4.17. The van der Waals surface area contributed by atoms with Crippen molar-refractivity contribution >= 4 is 0 Å². The van der Waals surface area contributed by atoms with Gasteiger partial charge >= 0.3 is 0 Å². The zero-order valence-corrected chi connectivity index (χ0v) is 13.6. The third kappa shape index (κ3) is 5.52. The van der Waals surface area contributed by atoms with Crippen LogP contribution >= 0.6 is 0 Å². The molecule has 0 amide bonds. The van der Waals surface area contributed by atoms with Gasteiger partial charge in [0.05, 0.1) is 24.8 Å². The van der Waals surface area contributed by atoms with Crippen molar-refractivity contribution in [1.29, 1.82) is 5.26 Å². The second-order valence-corrected chi connectivity index (χ2v) is 5.87. The van der Waals surface area contributed by atoms with Crippen molar-refractivity contribution in [3.8, 4) is 6.07 Å². The number of rotatable bonds is 8. The molecule has 0 aliphatic rings. The van der Waals surface area contributed by atoms with Crippen LogP contribution in [0.15, 0.2) is 60.7 Å². The van der Waals surface area contributed by atoms with Crippen LogP contribution in [-0.2, 0) is 17.8 Å². The van der Waals surface area contributed by atoms with Crippen LogP contribution in [0.5, 0.6) is 0 Å². The summed E-state index contributed by atoms with van der Waals surface area (Å²) >= 11 is 0. The lowest BCUT2D eigenvalue weighted by Crippen LogP contribution is -2.36. The lowest BCUT2D eigenvalue weighted by molar-refractivity contribution is -0.00200. The van der Waals surface area contributed by atoms with E-state index in [1.165, 1.54) is 5.56 Å². The van der Waals surface area contributed by atoms with Crippen molar-refractivity contribution in [3.05, 3.63) is 71.8 Å². The van der Waals surface area contributed by atoms with Gasteiger partial charge in [-0.05, 0) is 24.0 Å². The molecule has 2 aromatic rings. The van der Waals surface area contributed by atoms with E-state index in [2.05, 4.69) is 18.2 Å². The molecule has 3 atom stereocenters. The van der Waals surface area contributed by atoms with E-state index in [0.717, 1.165) is 18.4 Å². The van der Waals surface area contributed by atoms with Crippen LogP contribution < -0.4 is 5.73 Å². The summed E-state index contributed by atoms with van der Waals surface area (Å²) in [5.41, 5.74) is 8.32. The van der Waals surface area contributed by atoms with Gasteiger partial charge in [-0.3, -0.25) is 0 Å². The zero-order chi connectivity index (χ0) is 16.5. The van der Waals surface area contributed by atoms with E-state index in [4.69, 9.17) is 15.7 Å². The topological polar surface area (TPSA) is 59.0 Å². The Morgan fingerprint density at radius 1 is 1.00 bits per heavy atom. The van der Waals surface area contributed by atoms with Crippen LogP contribution in [0, 0.1) is 17.2 Å². The second-order valence-electron chi connectivity index (χ2n) is 5.87. The minimum atomic E-state index is -0.508. The molecule has 0 bridgehead atoms. The Kier molecular flexibility index (Phi) is 6.80. The molecular formula is C20H24N2O. The Bertz CT molecular complexity index is 563. The van der Waals surface area contributed by atoms with E-state index in [-0.39, 0.29) is 12.0 Å². The van der Waals surface area contributed by atoms with Crippen LogP contribution in [0.1, 0.15) is 24.5 Å². The molecule has 0 aliphatic heterocycles. The predicted octanol–water partition coefficient (Wildman–Crippen LogP) is 3.69. The SMILES string of the molecule is C[C@H](C(N)C#N)[C@H](CCc1ccccc1)OCc1ccccc1. The molecule has 120 valence electrons. The first kappa shape index (κ1) is 17.2. The quantitative estimate of drug-likeness (QED) is 0.809. The highest BCUT2D eigenvalue weighted by molar-refractivity contribution is 5.15. The van der Waals surface area contributed by atoms with E-state index < -0.39 is 6.04 Å². The Balaban J connectivity index is 1.98. The number of hydrogen-bond donors (Lipinski definition) is 1. The maximum absolute atomic E-state index is 9.09. The molecule has 0 heterocycles. The number of nitriles is 1. The molecular weight excluding hydrogens is 284 g/mol. The summed E-state index contributed by atoms with van der Waals surface area (Å²) in [5, 5.41) is 9.09. The summed E-state index contributed by atoms with van der Waals surface area (Å²) in [6, 6.07) is 22.0. The van der Waals surface area contributed by atoms with Gasteiger partial charge in [0, 0.05) is 5.92 Å². The average molecular weight is 308 g/mol. The Labute approximate surface area is 138 Å². The molecule has 23 heavy (non-hydrogen) atoms. The predicted molar refractivity (Wildman–Crippen MR) is 92.5 cm³/mol. The molecule has 0 fully saturated rings. The van der Waals surface area contributed by atoms with Gasteiger partial charge in [0.2, 0.25) is 0 Å². The van der Waals surface area contributed by atoms with E-state index in [1.807, 2.05) is 55.5 Å². The Morgan fingerprint density at radius 3 is 2.13 bits per heavy atom. The molecule has 2 aromatic carbocycles. The molecule has 2 rings (SSSR count). The second kappa shape index (κ2) is 9.09. The largest absolute Gasteiger partial charge is 0.373 e. The van der Waals surface area contributed by atoms with Crippen LogP contribution in [0.25, 0.3) is 0 Å². The van der Waals surface area contributed by atoms with Gasteiger partial charge in [0.1, 0.15) is 0 Å². The molecule has 1 unspecified atom stereocenters. The maximum atomic E-state index is 9.09. The van der Waals surface area contributed by atoms with Crippen molar-refractivity contribution in [1.82, 2.24) is 0 Å². The lowest BCUT2D eigenvalue weighted by Gasteiger charge is -2.26. The van der Waals surface area contributed by atoms with Crippen LogP contribution in [-0.4, -0.2) is 12.1 Å². The summed E-state index contributed by atoms with van der Waals surface area (Å²) in [6.07, 6.45) is 1.74. The third-order valence-electron chi connectivity index (χ3n) is 4.17. The van der Waals surface area contributed by atoms with Crippen molar-refractivity contribution in [2.24, 2.45) is 11.7 Å². The molecule has 3 heteroatoms. The van der Waals surface area contributed by atoms with Crippen LogP contribution in [0.4, 0.5) is 0 Å². The molecule has 0 aromatic heterocycles. The molecule has 0 radical (unpaired) electrons. The number of hydrogen-bond acceptors (Lipinski definition) is 3. The van der Waals surface area contributed by atoms with Crippen LogP contribution in [0.3, 0.4) is 0 Å². The molecule has 2 N–H and O–H groups in total. The Morgan fingerprint density at radius 2 is 1.57 bits per heavy atom. The highest BCUT2D eigenvalue weighted by Gasteiger charge is 2.23. The highest BCUT2D eigenvalue weighted by atomic mass is 16.5. The minimum Gasteiger partial charge on any atom is -0.373 e. The summed E-state index contributed by atoms with van der Waals surface area (Å²) in [4.78, 5) is 0. The number of aryl methyl sites for hydroxylation is 1. The molecule has 3 nitrogen and oxygen atoms in total. The first-order valence-electron chi connectivity index (χ1n) is 8.05. The van der Waals surface area contributed by atoms with Gasteiger partial charge in [-0.2, -0.15) is 5.26 Å². The van der Waals surface area contributed by atoms with E-state index >= 15 is 0 Å². The number of nitrogens with zero attached hydrogens (tertiary/aromatic N) is 1. The van der Waals surface area contributed by atoms with Crippen molar-refractivity contribution in [2.75, 3.05) is 0 Å². The first-order valence-corrected chi connectivity index (χ1v) is 8.05. The van der Waals surface area contributed by atoms with Gasteiger partial charge in [0.25, 0.3) is 0 Å². The number of benzene rings is 2. The fourth-order valence-corrected chi connectivity index (χ4v) is 2.58. The van der Waals surface area contributed by atoms with E-state index in [1.54, 1.807) is 0 Å². The van der Waals surface area contributed by atoms with Crippen molar-refractivity contribution < 1.29 is 4.74 Å². The fraction of sp³-hybridized carbons (Fsp3) is 0.350. The van der Waals surface area contributed by atoms with Gasteiger partial charge < -0.3 is 10.5 Å². The van der Waals surface area contributed by atoms with Gasteiger partial charge in [-0.25, -0.2) is 0 Å². The molecule has 0 spiro atoms. The normalized spacial score (nSPS) is 14.7. The van der Waals surface area contributed by atoms with Crippen molar-refractivity contribution in [3.63, 3.8) is 0 Å². The number of ether oxygens (including phenoxy) is 1. The minimum absolute atomic E-state index is 0.00701. The van der Waals surface area contributed by atoms with Crippen LogP contribution in [0.2, 0.25) is 0 Å². The standard InChI is InChI=1S/C20H24N2O/c1-16(19(22)14-21)20(13-12-17-8-4-2-5-9-17)23-15-18-10-6-3-7-11-18/h2-11,16,19-20H,12-13,15,22H2,1H3/t16-,19?,20+/m1/s1. The summed E-state index contributed by atoms with van der Waals surface area (Å²) in [6.45, 7) is 2.54. The monoisotopic (exact) mass is 308 g/mol. The highest BCUT2D eigenvalue weighted by Crippen LogP contribution is 2.19. The Hall–Kier alpha value is -2.15. The van der Waals surface area contributed by atoms with Gasteiger partial charge in [-0.1, -0.05) is 67.6 Å². The average Bonchev–Trinajstić information content (AvgIpc) is 2.62. The smallest absolute Gasteiger partial charge is 0.0978 e. The lowest BCUT2D eigenvalue weighted by atomic mass is 9.92. The maximum Gasteiger partial charge on any atom is 0.0978 e. The molecule has 0 aliphatic carbocycles. The number of nitrogens with two attached hydrogens (primary N) is 1. The van der Waals surface area contributed by atoms with E-state index in [0.29, 0.717) is 6.61 Å². The molecule has 0 saturated carbocycles. The first-order chi connectivity index (χ1) is 11.2. The van der Waals surface area contributed by atoms with Gasteiger partial charge in [0.15, 0.2) is 0 Å². The summed E-state index contributed by atoms with van der Waals surface area (Å²) in [7, 11) is 0. The molecule has 0 saturated heterocycles. The van der Waals surface area contributed by atoms with Gasteiger partial charge in [-0.15, -0.1) is 0 Å². The fourth-order valence-electron chi connectivity index (χ4n) is 2.58. The zero-order valence-electron chi connectivity index (χ0n) is 13.6.